The van der Waals surface area contributed by atoms with Crippen LogP contribution in [-0.4, -0.2) is 31.3 Å². The number of hydrogen-bond acceptors (Lipinski definition) is 2. The standard InChI is InChI=1S/C21H24N2O2/c24-21(22-18-10-12-25-13-11-18)23(19-8-2-1-3-9-19)20-14-16-6-4-5-7-17(16)15-20/h1-9,18,20H,10-15H2,(H,22,24). The number of carbonyl (C=O) groups is 1. The van der Waals surface area contributed by atoms with Crippen molar-refractivity contribution in [3.05, 3.63) is 65.7 Å². The van der Waals surface area contributed by atoms with Gasteiger partial charge < -0.3 is 10.1 Å². The summed E-state index contributed by atoms with van der Waals surface area (Å²) in [5, 5.41) is 3.23. The van der Waals surface area contributed by atoms with Crippen LogP contribution >= 0.6 is 0 Å². The van der Waals surface area contributed by atoms with E-state index in [1.165, 1.54) is 11.1 Å². The van der Waals surface area contributed by atoms with Crippen molar-refractivity contribution in [3.63, 3.8) is 0 Å². The minimum atomic E-state index is 0.0101. The molecule has 130 valence electrons. The summed E-state index contributed by atoms with van der Waals surface area (Å²) in [5.41, 5.74) is 3.67. The minimum absolute atomic E-state index is 0.0101. The first-order chi connectivity index (χ1) is 12.3. The van der Waals surface area contributed by atoms with Crippen LogP contribution in [0, 0.1) is 0 Å². The van der Waals surface area contributed by atoms with Crippen molar-refractivity contribution in [1.29, 1.82) is 0 Å². The van der Waals surface area contributed by atoms with Crippen LogP contribution in [0.4, 0.5) is 10.5 Å². The maximum Gasteiger partial charge on any atom is 0.322 e. The lowest BCUT2D eigenvalue weighted by atomic mass is 10.1. The van der Waals surface area contributed by atoms with Crippen molar-refractivity contribution in [2.45, 2.75) is 37.8 Å². The summed E-state index contributed by atoms with van der Waals surface area (Å²) >= 11 is 0. The van der Waals surface area contributed by atoms with Gasteiger partial charge in [0.25, 0.3) is 0 Å². The second-order valence-electron chi connectivity index (χ2n) is 6.87. The van der Waals surface area contributed by atoms with Crippen molar-refractivity contribution in [2.24, 2.45) is 0 Å². The van der Waals surface area contributed by atoms with Crippen molar-refractivity contribution in [3.8, 4) is 0 Å². The second kappa shape index (κ2) is 7.28. The Labute approximate surface area is 148 Å². The Morgan fingerprint density at radius 3 is 2.16 bits per heavy atom. The molecule has 0 aromatic heterocycles. The summed E-state index contributed by atoms with van der Waals surface area (Å²) in [6.07, 6.45) is 3.59. The van der Waals surface area contributed by atoms with Gasteiger partial charge in [-0.25, -0.2) is 4.79 Å². The van der Waals surface area contributed by atoms with Crippen LogP contribution < -0.4 is 10.2 Å². The third-order valence-corrected chi connectivity index (χ3v) is 5.20. The zero-order chi connectivity index (χ0) is 17.1. The number of carbonyl (C=O) groups excluding carboxylic acids is 1. The maximum absolute atomic E-state index is 13.1. The molecular formula is C21H24N2O2. The molecule has 0 saturated carbocycles. The summed E-state index contributed by atoms with van der Waals surface area (Å²) in [4.78, 5) is 15.1. The van der Waals surface area contributed by atoms with E-state index in [0.29, 0.717) is 0 Å². The maximum atomic E-state index is 13.1. The van der Waals surface area contributed by atoms with E-state index in [0.717, 1.165) is 44.6 Å². The number of amides is 2. The molecule has 4 nitrogen and oxygen atoms in total. The summed E-state index contributed by atoms with van der Waals surface area (Å²) in [6.45, 7) is 1.45. The predicted octanol–water partition coefficient (Wildman–Crippen LogP) is 3.55. The van der Waals surface area contributed by atoms with Crippen LogP contribution in [-0.2, 0) is 17.6 Å². The molecule has 1 N–H and O–H groups in total. The number of nitrogens with zero attached hydrogens (tertiary/aromatic N) is 1. The van der Waals surface area contributed by atoms with E-state index >= 15 is 0 Å². The number of rotatable bonds is 3. The van der Waals surface area contributed by atoms with Gasteiger partial charge in [-0.15, -0.1) is 0 Å². The normalized spacial score (nSPS) is 17.9. The van der Waals surface area contributed by atoms with Gasteiger partial charge in [-0.1, -0.05) is 42.5 Å². The summed E-state index contributed by atoms with van der Waals surface area (Å²) in [7, 11) is 0. The third kappa shape index (κ3) is 3.54. The topological polar surface area (TPSA) is 41.6 Å². The number of fused-ring (bicyclic) bond motifs is 1. The van der Waals surface area contributed by atoms with E-state index in [1.54, 1.807) is 0 Å². The molecule has 1 aliphatic heterocycles. The van der Waals surface area contributed by atoms with Gasteiger partial charge in [0.05, 0.1) is 0 Å². The molecule has 2 aromatic rings. The monoisotopic (exact) mass is 336 g/mol. The van der Waals surface area contributed by atoms with Gasteiger partial charge in [0.2, 0.25) is 0 Å². The molecule has 0 bridgehead atoms. The van der Waals surface area contributed by atoms with Gasteiger partial charge in [-0.05, 0) is 48.9 Å². The zero-order valence-electron chi connectivity index (χ0n) is 14.4. The Balaban J connectivity index is 1.56. The number of hydrogen-bond donors (Lipinski definition) is 1. The first-order valence-corrected chi connectivity index (χ1v) is 9.10. The Morgan fingerprint density at radius 2 is 1.52 bits per heavy atom. The smallest absolute Gasteiger partial charge is 0.322 e. The third-order valence-electron chi connectivity index (χ3n) is 5.20. The van der Waals surface area contributed by atoms with Crippen molar-refractivity contribution in [2.75, 3.05) is 18.1 Å². The van der Waals surface area contributed by atoms with E-state index in [2.05, 4.69) is 29.6 Å². The van der Waals surface area contributed by atoms with Crippen LogP contribution in [0.15, 0.2) is 54.6 Å². The lowest BCUT2D eigenvalue weighted by molar-refractivity contribution is 0.0803. The molecule has 1 heterocycles. The summed E-state index contributed by atoms with van der Waals surface area (Å²) < 4.78 is 5.40. The molecule has 2 aromatic carbocycles. The number of benzene rings is 2. The van der Waals surface area contributed by atoms with Crippen LogP contribution in [0.2, 0.25) is 0 Å². The van der Waals surface area contributed by atoms with Gasteiger partial charge in [0, 0.05) is 31.0 Å². The quantitative estimate of drug-likeness (QED) is 0.931. The van der Waals surface area contributed by atoms with Gasteiger partial charge in [0.1, 0.15) is 0 Å². The van der Waals surface area contributed by atoms with Crippen molar-refractivity contribution < 1.29 is 9.53 Å². The molecule has 1 fully saturated rings. The molecule has 0 unspecified atom stereocenters. The first kappa shape index (κ1) is 16.2. The minimum Gasteiger partial charge on any atom is -0.381 e. The lowest BCUT2D eigenvalue weighted by Gasteiger charge is -2.32. The van der Waals surface area contributed by atoms with Gasteiger partial charge in [0.15, 0.2) is 0 Å². The molecule has 0 radical (unpaired) electrons. The predicted molar refractivity (Wildman–Crippen MR) is 98.9 cm³/mol. The largest absolute Gasteiger partial charge is 0.381 e. The Hall–Kier alpha value is -2.33. The van der Waals surface area contributed by atoms with Crippen LogP contribution in [0.3, 0.4) is 0 Å². The average molecular weight is 336 g/mol. The van der Waals surface area contributed by atoms with Gasteiger partial charge >= 0.3 is 6.03 Å². The van der Waals surface area contributed by atoms with E-state index in [1.807, 2.05) is 35.2 Å². The van der Waals surface area contributed by atoms with Crippen LogP contribution in [0.5, 0.6) is 0 Å². The molecule has 4 heteroatoms. The molecule has 2 amide bonds. The van der Waals surface area contributed by atoms with E-state index in [9.17, 15) is 4.79 Å². The SMILES string of the molecule is O=C(NC1CCOCC1)N(c1ccccc1)C1Cc2ccccc2C1. The molecule has 25 heavy (non-hydrogen) atoms. The highest BCUT2D eigenvalue weighted by molar-refractivity contribution is 5.93. The van der Waals surface area contributed by atoms with E-state index < -0.39 is 0 Å². The van der Waals surface area contributed by atoms with Gasteiger partial charge in [-0.2, -0.15) is 0 Å². The highest BCUT2D eigenvalue weighted by atomic mass is 16.5. The molecule has 4 rings (SSSR count). The Bertz CT molecular complexity index is 701. The first-order valence-electron chi connectivity index (χ1n) is 9.10. The van der Waals surface area contributed by atoms with E-state index in [-0.39, 0.29) is 18.1 Å². The molecule has 2 aliphatic rings. The highest BCUT2D eigenvalue weighted by Gasteiger charge is 2.32. The molecule has 1 aliphatic carbocycles. The second-order valence-corrected chi connectivity index (χ2v) is 6.87. The Kier molecular flexibility index (Phi) is 4.70. The summed E-state index contributed by atoms with van der Waals surface area (Å²) in [6, 6.07) is 18.9. The zero-order valence-corrected chi connectivity index (χ0v) is 14.4. The molecule has 0 atom stereocenters. The lowest BCUT2D eigenvalue weighted by Crippen LogP contribution is -2.51. The highest BCUT2D eigenvalue weighted by Crippen LogP contribution is 2.29. The Morgan fingerprint density at radius 1 is 0.920 bits per heavy atom. The average Bonchev–Trinajstić information content (AvgIpc) is 3.07. The summed E-state index contributed by atoms with van der Waals surface area (Å²) in [5.74, 6) is 0. The number of nitrogens with one attached hydrogen (secondary N) is 1. The fourth-order valence-electron chi connectivity index (χ4n) is 3.89. The van der Waals surface area contributed by atoms with E-state index in [4.69, 9.17) is 4.74 Å². The van der Waals surface area contributed by atoms with Gasteiger partial charge in [-0.3, -0.25) is 4.90 Å². The molecule has 1 saturated heterocycles. The number of ether oxygens (including phenoxy) is 1. The number of urea groups is 1. The molecular weight excluding hydrogens is 312 g/mol. The number of anilines is 1. The fourth-order valence-corrected chi connectivity index (χ4v) is 3.89. The van der Waals surface area contributed by atoms with Crippen LogP contribution in [0.25, 0.3) is 0 Å². The molecule has 0 spiro atoms. The van der Waals surface area contributed by atoms with Crippen molar-refractivity contribution in [1.82, 2.24) is 5.32 Å². The van der Waals surface area contributed by atoms with Crippen molar-refractivity contribution >= 4 is 11.7 Å². The number of para-hydroxylation sites is 1. The van der Waals surface area contributed by atoms with Crippen LogP contribution in [0.1, 0.15) is 24.0 Å². The fraction of sp³-hybridized carbons (Fsp3) is 0.381.